The molecule has 94 valence electrons. The molecular weight excluding hydrogens is 307 g/mol. The average molecular weight is 316 g/mol. The maximum atomic E-state index is 13.7. The maximum absolute atomic E-state index is 13.7. The van der Waals surface area contributed by atoms with Gasteiger partial charge in [-0.1, -0.05) is 22.0 Å². The number of rotatable bonds is 2. The average Bonchev–Trinajstić information content (AvgIpc) is 2.32. The van der Waals surface area contributed by atoms with Gasteiger partial charge in [0.15, 0.2) is 0 Å². The van der Waals surface area contributed by atoms with Crippen LogP contribution in [0.25, 0.3) is 0 Å². The normalized spacial score (nSPS) is 12.5. The summed E-state index contributed by atoms with van der Waals surface area (Å²) in [7, 11) is 0. The standard InChI is InChI=1S/C13H9BrF3N/c14-9-2-1-3-11(17)12(9)13(18)8-6-7(15)4-5-10(8)16/h1-6,13H,18H2. The first kappa shape index (κ1) is 13.1. The molecule has 18 heavy (non-hydrogen) atoms. The molecule has 0 heterocycles. The summed E-state index contributed by atoms with van der Waals surface area (Å²) >= 11 is 3.15. The lowest BCUT2D eigenvalue weighted by Gasteiger charge is -2.16. The molecule has 0 bridgehead atoms. The number of hydrogen-bond acceptors (Lipinski definition) is 1. The van der Waals surface area contributed by atoms with Gasteiger partial charge in [-0.15, -0.1) is 0 Å². The summed E-state index contributed by atoms with van der Waals surface area (Å²) < 4.78 is 40.8. The van der Waals surface area contributed by atoms with Crippen molar-refractivity contribution in [3.63, 3.8) is 0 Å². The quantitative estimate of drug-likeness (QED) is 0.893. The molecule has 0 saturated carbocycles. The zero-order valence-electron chi connectivity index (χ0n) is 9.13. The highest BCUT2D eigenvalue weighted by molar-refractivity contribution is 9.10. The molecule has 1 nitrogen and oxygen atoms in total. The molecule has 0 saturated heterocycles. The summed E-state index contributed by atoms with van der Waals surface area (Å²) in [4.78, 5) is 0. The molecular formula is C13H9BrF3N. The fourth-order valence-corrected chi connectivity index (χ4v) is 2.30. The molecule has 0 radical (unpaired) electrons. The minimum absolute atomic E-state index is 0.0826. The van der Waals surface area contributed by atoms with Crippen LogP contribution in [0.1, 0.15) is 17.2 Å². The maximum Gasteiger partial charge on any atom is 0.129 e. The van der Waals surface area contributed by atoms with Crippen molar-refractivity contribution in [3.05, 3.63) is 69.4 Å². The second-order valence-corrected chi connectivity index (χ2v) is 4.63. The van der Waals surface area contributed by atoms with Crippen LogP contribution in [0, 0.1) is 17.5 Å². The Morgan fingerprint density at radius 1 is 1.00 bits per heavy atom. The fourth-order valence-electron chi connectivity index (χ4n) is 1.72. The third-order valence-corrected chi connectivity index (χ3v) is 3.30. The first-order valence-corrected chi connectivity index (χ1v) is 5.94. The Labute approximate surface area is 111 Å². The van der Waals surface area contributed by atoms with E-state index in [2.05, 4.69) is 15.9 Å². The number of nitrogens with two attached hydrogens (primary N) is 1. The van der Waals surface area contributed by atoms with E-state index < -0.39 is 23.5 Å². The van der Waals surface area contributed by atoms with Gasteiger partial charge < -0.3 is 5.73 Å². The molecule has 2 N–H and O–H groups in total. The Balaban J connectivity index is 2.54. The molecule has 0 aliphatic rings. The topological polar surface area (TPSA) is 26.0 Å². The predicted molar refractivity (Wildman–Crippen MR) is 66.5 cm³/mol. The molecule has 2 aromatic carbocycles. The molecule has 2 rings (SSSR count). The molecule has 1 atom stereocenters. The van der Waals surface area contributed by atoms with E-state index in [1.54, 1.807) is 6.07 Å². The summed E-state index contributed by atoms with van der Waals surface area (Å²) in [6, 6.07) is 6.17. The number of halogens is 4. The van der Waals surface area contributed by atoms with Crippen LogP contribution in [-0.2, 0) is 0 Å². The van der Waals surface area contributed by atoms with Crippen molar-refractivity contribution in [2.24, 2.45) is 5.73 Å². The largest absolute Gasteiger partial charge is 0.320 e. The van der Waals surface area contributed by atoms with Gasteiger partial charge in [0.05, 0.1) is 6.04 Å². The van der Waals surface area contributed by atoms with E-state index in [1.807, 2.05) is 0 Å². The molecule has 0 aliphatic carbocycles. The molecule has 0 aliphatic heterocycles. The van der Waals surface area contributed by atoms with Crippen molar-refractivity contribution < 1.29 is 13.2 Å². The van der Waals surface area contributed by atoms with E-state index in [0.717, 1.165) is 18.2 Å². The monoisotopic (exact) mass is 315 g/mol. The highest BCUT2D eigenvalue weighted by atomic mass is 79.9. The molecule has 5 heteroatoms. The van der Waals surface area contributed by atoms with Gasteiger partial charge in [0, 0.05) is 15.6 Å². The van der Waals surface area contributed by atoms with E-state index in [0.29, 0.717) is 4.47 Å². The van der Waals surface area contributed by atoms with Gasteiger partial charge in [-0.05, 0) is 30.3 Å². The first-order chi connectivity index (χ1) is 8.50. The Bertz CT molecular complexity index is 566. The highest BCUT2D eigenvalue weighted by Crippen LogP contribution is 2.30. The summed E-state index contributed by atoms with van der Waals surface area (Å²) in [6.07, 6.45) is 0. The van der Waals surface area contributed by atoms with Crippen molar-refractivity contribution >= 4 is 15.9 Å². The van der Waals surface area contributed by atoms with Gasteiger partial charge in [-0.3, -0.25) is 0 Å². The minimum Gasteiger partial charge on any atom is -0.320 e. The molecule has 0 amide bonds. The van der Waals surface area contributed by atoms with Crippen molar-refractivity contribution in [1.29, 1.82) is 0 Å². The molecule has 0 aromatic heterocycles. The van der Waals surface area contributed by atoms with E-state index >= 15 is 0 Å². The SMILES string of the molecule is NC(c1cc(F)ccc1F)c1c(F)cccc1Br. The predicted octanol–water partition coefficient (Wildman–Crippen LogP) is 3.91. The summed E-state index contributed by atoms with van der Waals surface area (Å²) in [5.41, 5.74) is 5.83. The van der Waals surface area contributed by atoms with E-state index in [4.69, 9.17) is 5.73 Å². The van der Waals surface area contributed by atoms with Crippen molar-refractivity contribution in [1.82, 2.24) is 0 Å². The van der Waals surface area contributed by atoms with Crippen molar-refractivity contribution in [3.8, 4) is 0 Å². The molecule has 0 spiro atoms. The van der Waals surface area contributed by atoms with Crippen LogP contribution in [0.3, 0.4) is 0 Å². The van der Waals surface area contributed by atoms with Crippen LogP contribution >= 0.6 is 15.9 Å². The molecule has 2 aromatic rings. The van der Waals surface area contributed by atoms with Gasteiger partial charge in [-0.25, -0.2) is 13.2 Å². The second-order valence-electron chi connectivity index (χ2n) is 3.78. The summed E-state index contributed by atoms with van der Waals surface area (Å²) in [6.45, 7) is 0. The Morgan fingerprint density at radius 2 is 1.72 bits per heavy atom. The molecule has 1 unspecified atom stereocenters. The lowest BCUT2D eigenvalue weighted by Crippen LogP contribution is -2.16. The van der Waals surface area contributed by atoms with Crippen LogP contribution in [-0.4, -0.2) is 0 Å². The molecule has 0 fully saturated rings. The fraction of sp³-hybridized carbons (Fsp3) is 0.0769. The smallest absolute Gasteiger partial charge is 0.129 e. The first-order valence-electron chi connectivity index (χ1n) is 5.15. The summed E-state index contributed by atoms with van der Waals surface area (Å²) in [5, 5.41) is 0. The lowest BCUT2D eigenvalue weighted by atomic mass is 9.98. The van der Waals surface area contributed by atoms with Crippen LogP contribution < -0.4 is 5.73 Å². The summed E-state index contributed by atoms with van der Waals surface area (Å²) in [5.74, 6) is -1.85. The van der Waals surface area contributed by atoms with Gasteiger partial charge in [-0.2, -0.15) is 0 Å². The Kier molecular flexibility index (Phi) is 3.73. The van der Waals surface area contributed by atoms with Crippen molar-refractivity contribution in [2.75, 3.05) is 0 Å². The Morgan fingerprint density at radius 3 is 2.39 bits per heavy atom. The van der Waals surface area contributed by atoms with Gasteiger partial charge in [0.1, 0.15) is 17.5 Å². The van der Waals surface area contributed by atoms with Gasteiger partial charge >= 0.3 is 0 Å². The van der Waals surface area contributed by atoms with E-state index in [-0.39, 0.29) is 11.1 Å². The van der Waals surface area contributed by atoms with E-state index in [1.165, 1.54) is 12.1 Å². The van der Waals surface area contributed by atoms with Crippen LogP contribution in [0.4, 0.5) is 13.2 Å². The van der Waals surface area contributed by atoms with E-state index in [9.17, 15) is 13.2 Å². The van der Waals surface area contributed by atoms with Crippen LogP contribution in [0.5, 0.6) is 0 Å². The van der Waals surface area contributed by atoms with Gasteiger partial charge in [0.25, 0.3) is 0 Å². The third kappa shape index (κ3) is 2.42. The minimum atomic E-state index is -1.07. The zero-order valence-corrected chi connectivity index (χ0v) is 10.7. The zero-order chi connectivity index (χ0) is 13.3. The lowest BCUT2D eigenvalue weighted by molar-refractivity contribution is 0.561. The van der Waals surface area contributed by atoms with Crippen molar-refractivity contribution in [2.45, 2.75) is 6.04 Å². The van der Waals surface area contributed by atoms with Gasteiger partial charge in [0.2, 0.25) is 0 Å². The third-order valence-electron chi connectivity index (χ3n) is 2.60. The van der Waals surface area contributed by atoms with Crippen LogP contribution in [0.15, 0.2) is 40.9 Å². The highest BCUT2D eigenvalue weighted by Gasteiger charge is 2.20. The van der Waals surface area contributed by atoms with Crippen LogP contribution in [0.2, 0.25) is 0 Å². The number of benzene rings is 2. The Hall–Kier alpha value is -1.33. The number of hydrogen-bond donors (Lipinski definition) is 1. The second kappa shape index (κ2) is 5.12.